The molecule has 0 saturated heterocycles. The van der Waals surface area contributed by atoms with E-state index in [9.17, 15) is 0 Å². The molecule has 0 amide bonds. The average molecular weight is 384 g/mol. The van der Waals surface area contributed by atoms with Crippen molar-refractivity contribution >= 4 is 9.69 Å². The van der Waals surface area contributed by atoms with Crippen LogP contribution in [0.3, 0.4) is 0 Å². The molecule has 0 saturated carbocycles. The maximum Gasteiger partial charge on any atom is 1.00 e. The van der Waals surface area contributed by atoms with E-state index in [1.165, 1.54) is 0 Å². The minimum atomic E-state index is -6.33. The van der Waals surface area contributed by atoms with Gasteiger partial charge in [0.15, 0.2) is 0 Å². The third-order valence-electron chi connectivity index (χ3n) is 0.940. The predicted octanol–water partition coefficient (Wildman–Crippen LogP) is -8.22. The summed E-state index contributed by atoms with van der Waals surface area (Å²) in [6.07, 6.45) is 0. The molecule has 0 N–H and O–H groups in total. The van der Waals surface area contributed by atoms with E-state index < -0.39 is 11.4 Å². The van der Waals surface area contributed by atoms with E-state index in [1.807, 2.05) is 0 Å². The molecule has 0 atom stereocenters. The van der Waals surface area contributed by atoms with E-state index in [1.54, 1.807) is 0 Å². The first kappa shape index (κ1) is 26.8. The van der Waals surface area contributed by atoms with Gasteiger partial charge in [0.05, 0.1) is 0 Å². The van der Waals surface area contributed by atoms with Crippen LogP contribution in [0.1, 0.15) is 0 Å². The van der Waals surface area contributed by atoms with E-state index in [-0.39, 0.29) is 154 Å². The second kappa shape index (κ2) is 8.44. The van der Waals surface area contributed by atoms with Crippen molar-refractivity contribution in [3.8, 4) is 23.3 Å². The van der Waals surface area contributed by atoms with Crippen LogP contribution in [0.25, 0.3) is 0 Å². The summed E-state index contributed by atoms with van der Waals surface area (Å²) in [6, 6.07) is 0. The summed E-state index contributed by atoms with van der Waals surface area (Å²) in [5.74, 6) is 0. The largest absolute Gasteiger partial charge is 1.00 e. The number of halogens is 1. The van der Waals surface area contributed by atoms with Crippen LogP contribution in [0.2, 0.25) is 0 Å². The minimum absolute atomic E-state index is 0. The number of hydrogen-bond acceptors (Lipinski definition) is 5. The topological polar surface area (TPSA) is 119 Å². The first-order chi connectivity index (χ1) is 5.39. The van der Waals surface area contributed by atoms with Crippen LogP contribution in [0.15, 0.2) is 0 Å². The van der Waals surface area contributed by atoms with Gasteiger partial charge in [0.2, 0.25) is 0 Å². The van der Waals surface area contributed by atoms with E-state index in [0.717, 1.165) is 23.3 Å². The van der Waals surface area contributed by atoms with Gasteiger partial charge >= 0.3 is 225 Å². The number of nitriles is 5. The molecule has 0 aliphatic carbocycles. The predicted molar refractivity (Wildman–Crippen MR) is 33.9 cm³/mol. The Morgan fingerprint density at radius 1 is 0.600 bits per heavy atom. The fourth-order valence-corrected chi connectivity index (χ4v) is 1.05. The zero-order valence-electron chi connectivity index (χ0n) is 8.47. The van der Waals surface area contributed by atoms with E-state index in [0.29, 0.717) is 0 Å². The van der Waals surface area contributed by atoms with Crippen LogP contribution in [-0.4, -0.2) is 0 Å². The van der Waals surface area contributed by atoms with Crippen molar-refractivity contribution in [1.82, 2.24) is 0 Å². The van der Waals surface area contributed by atoms with Gasteiger partial charge < -0.3 is 0 Å². The Hall–Kier alpha value is 3.27. The van der Waals surface area contributed by atoms with Gasteiger partial charge in [-0.2, -0.15) is 0 Å². The Balaban J connectivity index is -0.000000202. The Bertz CT molecular complexity index is 363. The molecule has 0 aromatic carbocycles. The molecule has 0 heterocycles. The third-order valence-corrected chi connectivity index (χ3v) is 7.33. The normalized spacial score (nSPS) is 11.5. The van der Waals surface area contributed by atoms with Crippen molar-refractivity contribution in [3.05, 3.63) is 0 Å². The van der Waals surface area contributed by atoms with Crippen molar-refractivity contribution in [2.45, 2.75) is 0 Å². The van der Waals surface area contributed by atoms with Crippen molar-refractivity contribution in [3.63, 3.8) is 0 Å². The SMILES string of the molecule is N#[C][Ru-3]([Cl])([C]#N)([C]#N)([C]#N)[C]#N.[K+].[K+].[K+]. The maximum atomic E-state index is 8.49. The Morgan fingerprint density at radius 3 is 0.733 bits per heavy atom. The average Bonchev–Trinajstić information content (AvgIpc) is 2.19. The summed E-state index contributed by atoms with van der Waals surface area (Å²) >= 11 is -6.33. The van der Waals surface area contributed by atoms with Crippen LogP contribution in [0.4, 0.5) is 0 Å². The fourth-order valence-electron chi connectivity index (χ4n) is 0.177. The molecule has 10 heteroatoms. The molecule has 0 radical (unpaired) electrons. The van der Waals surface area contributed by atoms with Gasteiger partial charge in [0, 0.05) is 0 Å². The monoisotopic (exact) mass is 384 g/mol. The molecule has 0 rings (SSSR count). The van der Waals surface area contributed by atoms with Crippen LogP contribution in [-0.2, 0) is 11.4 Å². The standard InChI is InChI=1S/5CN.ClH.3K.Ru/c5*1-2;;;;;/h;;;;;1H;;;;/q;;;;;;3*+1;-2/p-1. The van der Waals surface area contributed by atoms with Crippen molar-refractivity contribution in [2.75, 3.05) is 0 Å². The third kappa shape index (κ3) is 5.04. The summed E-state index contributed by atoms with van der Waals surface area (Å²) in [6.45, 7) is 0. The van der Waals surface area contributed by atoms with Gasteiger partial charge in [-0.3, -0.25) is 0 Å². The molecule has 0 unspecified atom stereocenters. The molecule has 5 nitrogen and oxygen atoms in total. The van der Waals surface area contributed by atoms with Crippen molar-refractivity contribution < 1.29 is 166 Å². The maximum absolute atomic E-state index is 8.49. The van der Waals surface area contributed by atoms with Gasteiger partial charge in [-0.25, -0.2) is 0 Å². The molecule has 63 valence electrons. The smallest absolute Gasteiger partial charge is 1.00 e. The van der Waals surface area contributed by atoms with Gasteiger partial charge in [0.1, 0.15) is 0 Å². The van der Waals surface area contributed by atoms with Gasteiger partial charge in [-0.1, -0.05) is 0 Å². The molecular weight excluding hydrogens is 384 g/mol. The number of nitrogens with zero attached hydrogens (tertiary/aromatic N) is 5. The van der Waals surface area contributed by atoms with Crippen LogP contribution in [0.5, 0.6) is 0 Å². The van der Waals surface area contributed by atoms with E-state index >= 15 is 0 Å². The molecule has 0 aromatic heterocycles. The molecule has 0 aromatic rings. The van der Waals surface area contributed by atoms with Crippen molar-refractivity contribution in [1.29, 1.82) is 26.3 Å². The summed E-state index contributed by atoms with van der Waals surface area (Å²) in [5.41, 5.74) is 0. The Labute approximate surface area is 218 Å². The number of rotatable bonds is 0. The minimum Gasteiger partial charge on any atom is 1.00 e. The van der Waals surface area contributed by atoms with Gasteiger partial charge in [0.25, 0.3) is 0 Å². The van der Waals surface area contributed by atoms with Gasteiger partial charge in [-0.15, -0.1) is 0 Å². The van der Waals surface area contributed by atoms with Crippen LogP contribution >= 0.6 is 9.69 Å². The van der Waals surface area contributed by atoms with E-state index in [2.05, 4.69) is 0 Å². The molecular formula is C5ClK3N5Ru. The summed E-state index contributed by atoms with van der Waals surface area (Å²) < 4.78 is 5.50. The zero-order valence-corrected chi connectivity index (χ0v) is 20.3. The Morgan fingerprint density at radius 2 is 0.733 bits per heavy atom. The fraction of sp³-hybridized carbons (Fsp3) is 0. The quantitative estimate of drug-likeness (QED) is 0.385. The van der Waals surface area contributed by atoms with Crippen LogP contribution < -0.4 is 154 Å². The van der Waals surface area contributed by atoms with Crippen LogP contribution in [0, 0.1) is 49.6 Å². The molecule has 0 aliphatic heterocycles. The van der Waals surface area contributed by atoms with E-state index in [4.69, 9.17) is 36.0 Å². The number of hydrogen-bond donors (Lipinski definition) is 0. The summed E-state index contributed by atoms with van der Waals surface area (Å²) in [4.78, 5) is 0. The first-order valence-corrected chi connectivity index (χ1v) is 8.72. The summed E-state index contributed by atoms with van der Waals surface area (Å²) in [5, 5.41) is 42.5. The van der Waals surface area contributed by atoms with Crippen molar-refractivity contribution in [2.24, 2.45) is 0 Å². The van der Waals surface area contributed by atoms with Gasteiger partial charge in [-0.05, 0) is 0 Å². The molecule has 15 heavy (non-hydrogen) atoms. The first-order valence-electron chi connectivity index (χ1n) is 2.14. The molecule has 0 fully saturated rings. The molecule has 0 aliphatic rings. The Kier molecular flexibility index (Phi) is 15.1. The second-order valence-corrected chi connectivity index (χ2v) is 13.5. The molecule has 0 spiro atoms. The molecule has 0 bridgehead atoms. The second-order valence-electron chi connectivity index (χ2n) is 1.61. The summed E-state index contributed by atoms with van der Waals surface area (Å²) in [7, 11) is 5.35. The zero-order chi connectivity index (χ0) is 9.94.